The Hall–Kier alpha value is -3.84. The highest BCUT2D eigenvalue weighted by Gasteiger charge is 2.31. The molecule has 4 rings (SSSR count). The first-order chi connectivity index (χ1) is 23.7. The molecule has 5 N–H and O–H groups in total. The first-order valence-electron chi connectivity index (χ1n) is 17.6. The Labute approximate surface area is 288 Å². The summed E-state index contributed by atoms with van der Waals surface area (Å²) < 4.78 is 20.7. The van der Waals surface area contributed by atoms with Crippen molar-refractivity contribution in [1.29, 1.82) is 0 Å². The number of nitrogens with zero attached hydrogens (tertiary/aromatic N) is 2. The number of hydrogen-bond acceptors (Lipinski definition) is 8. The van der Waals surface area contributed by atoms with E-state index >= 15 is 0 Å². The van der Waals surface area contributed by atoms with Gasteiger partial charge in [-0.1, -0.05) is 36.4 Å². The maximum Gasteiger partial charge on any atom is 0.329 e. The van der Waals surface area contributed by atoms with E-state index < -0.39 is 11.9 Å². The van der Waals surface area contributed by atoms with Crippen LogP contribution in [-0.4, -0.2) is 65.4 Å². The smallest absolute Gasteiger partial charge is 0.329 e. The highest BCUT2D eigenvalue weighted by atomic mass is 16.5. The van der Waals surface area contributed by atoms with E-state index in [0.29, 0.717) is 38.2 Å². The van der Waals surface area contributed by atoms with Crippen LogP contribution in [0.25, 0.3) is 11.0 Å². The van der Waals surface area contributed by atoms with E-state index in [-0.39, 0.29) is 42.5 Å². The highest BCUT2D eigenvalue weighted by Crippen LogP contribution is 2.25. The zero-order valence-corrected chi connectivity index (χ0v) is 29.0. The Kier molecular flexibility index (Phi) is 15.0. The predicted molar refractivity (Wildman–Crippen MR) is 188 cm³/mol. The Bertz CT molecular complexity index is 1580. The quantitative estimate of drug-likeness (QED) is 0.107. The number of amides is 3. The Balaban J connectivity index is 1.03. The van der Waals surface area contributed by atoms with Gasteiger partial charge in [-0.05, 0) is 87.5 Å². The van der Waals surface area contributed by atoms with Crippen molar-refractivity contribution < 1.29 is 28.6 Å². The SMILES string of the molecule is C[C@@H](OCc1ccc(CCCOCCCCCOCCCc2cccc3c2n(C)c(=O)n3C2CCC(=O)NC2=O)cc1)[C@@H](N)CCC(N)=O. The molecule has 1 aliphatic heterocycles. The molecule has 1 saturated heterocycles. The van der Waals surface area contributed by atoms with E-state index in [9.17, 15) is 19.2 Å². The lowest BCUT2D eigenvalue weighted by Gasteiger charge is -2.21. The summed E-state index contributed by atoms with van der Waals surface area (Å²) in [6.07, 6.45) is 7.71. The van der Waals surface area contributed by atoms with Crippen molar-refractivity contribution in [2.75, 3.05) is 26.4 Å². The van der Waals surface area contributed by atoms with Crippen LogP contribution in [0.4, 0.5) is 0 Å². The molecule has 3 aromatic rings. The van der Waals surface area contributed by atoms with Crippen LogP contribution >= 0.6 is 0 Å². The summed E-state index contributed by atoms with van der Waals surface area (Å²) in [5.41, 5.74) is 15.9. The summed E-state index contributed by atoms with van der Waals surface area (Å²) in [6.45, 7) is 5.21. The summed E-state index contributed by atoms with van der Waals surface area (Å²) in [5, 5.41) is 2.36. The number of unbranched alkanes of at least 4 members (excludes halogenated alkanes) is 2. The lowest BCUT2D eigenvalue weighted by Crippen LogP contribution is -2.44. The number of fused-ring (bicyclic) bond motifs is 1. The lowest BCUT2D eigenvalue weighted by atomic mass is 10.0. The molecule has 268 valence electrons. The number of rotatable bonds is 22. The van der Waals surface area contributed by atoms with Gasteiger partial charge in [-0.2, -0.15) is 0 Å². The average molecular weight is 680 g/mol. The number of carbonyl (C=O) groups is 3. The zero-order chi connectivity index (χ0) is 35.2. The first kappa shape index (κ1) is 38.0. The normalized spacial score (nSPS) is 16.2. The molecule has 1 aromatic heterocycles. The maximum absolute atomic E-state index is 13.1. The van der Waals surface area contributed by atoms with Gasteiger partial charge in [0.25, 0.3) is 0 Å². The van der Waals surface area contributed by atoms with Crippen LogP contribution in [0.15, 0.2) is 47.3 Å². The van der Waals surface area contributed by atoms with Gasteiger partial charge < -0.3 is 25.7 Å². The van der Waals surface area contributed by atoms with Crippen LogP contribution < -0.4 is 22.5 Å². The van der Waals surface area contributed by atoms with Crippen molar-refractivity contribution in [1.82, 2.24) is 14.5 Å². The van der Waals surface area contributed by atoms with E-state index in [1.807, 2.05) is 25.1 Å². The molecule has 12 heteroatoms. The van der Waals surface area contributed by atoms with Crippen molar-refractivity contribution in [3.8, 4) is 0 Å². The van der Waals surface area contributed by atoms with E-state index in [1.165, 1.54) is 10.1 Å². The molecule has 2 heterocycles. The van der Waals surface area contributed by atoms with Gasteiger partial charge in [-0.15, -0.1) is 0 Å². The third-order valence-corrected chi connectivity index (χ3v) is 9.14. The van der Waals surface area contributed by atoms with Crippen LogP contribution in [0, 0.1) is 0 Å². The molecule has 3 atom stereocenters. The van der Waals surface area contributed by atoms with Crippen molar-refractivity contribution >= 4 is 28.8 Å². The molecule has 0 spiro atoms. The summed E-state index contributed by atoms with van der Waals surface area (Å²) >= 11 is 0. The van der Waals surface area contributed by atoms with Crippen molar-refractivity contribution in [3.63, 3.8) is 0 Å². The molecule has 2 aromatic carbocycles. The number of aryl methyl sites for hydroxylation is 3. The Morgan fingerprint density at radius 2 is 1.57 bits per heavy atom. The van der Waals surface area contributed by atoms with Gasteiger partial charge in [0.2, 0.25) is 17.7 Å². The highest BCUT2D eigenvalue weighted by molar-refractivity contribution is 6.00. The predicted octanol–water partition coefficient (Wildman–Crippen LogP) is 3.58. The monoisotopic (exact) mass is 679 g/mol. The average Bonchev–Trinajstić information content (AvgIpc) is 3.34. The first-order valence-corrected chi connectivity index (χ1v) is 17.6. The minimum atomic E-state index is -0.683. The number of imide groups is 1. The standard InChI is InChI=1S/C37H53N5O7/c1-26(30(38)17-19-33(39)43)49-25-28-15-13-27(14-16-28)9-7-23-47-21-4-3-5-22-48-24-8-11-29-10-6-12-31-35(29)41(2)37(46)42(31)32-18-20-34(44)40-36(32)45/h6,10,12-16,26,30,32H,3-5,7-9,11,17-25,38H2,1-2H3,(H2,39,43)(H,40,44,45)/t26-,30+,32?/m1/s1. The maximum atomic E-state index is 13.1. The number of para-hydroxylation sites is 1. The van der Waals surface area contributed by atoms with Gasteiger partial charge in [0.05, 0.1) is 23.7 Å². The molecular formula is C37H53N5O7. The zero-order valence-electron chi connectivity index (χ0n) is 29.0. The molecule has 0 bridgehead atoms. The number of carbonyl (C=O) groups excluding carboxylic acids is 3. The Morgan fingerprint density at radius 3 is 2.24 bits per heavy atom. The fourth-order valence-corrected chi connectivity index (χ4v) is 6.18. The molecule has 0 radical (unpaired) electrons. The molecule has 0 aliphatic carbocycles. The minimum Gasteiger partial charge on any atom is -0.381 e. The summed E-state index contributed by atoms with van der Waals surface area (Å²) in [5.74, 6) is -1.07. The fraction of sp³-hybridized carbons (Fsp3) is 0.568. The van der Waals surface area contributed by atoms with Gasteiger partial charge in [0.1, 0.15) is 6.04 Å². The fourth-order valence-electron chi connectivity index (χ4n) is 6.18. The van der Waals surface area contributed by atoms with E-state index in [1.54, 1.807) is 11.6 Å². The van der Waals surface area contributed by atoms with Crippen LogP contribution in [0.2, 0.25) is 0 Å². The van der Waals surface area contributed by atoms with E-state index in [4.69, 9.17) is 25.7 Å². The number of ether oxygens (including phenoxy) is 3. The number of imidazole rings is 1. The van der Waals surface area contributed by atoms with Crippen molar-refractivity contribution in [2.24, 2.45) is 18.5 Å². The molecule has 1 fully saturated rings. The second-order valence-corrected chi connectivity index (χ2v) is 13.0. The number of aromatic nitrogens is 2. The topological polar surface area (TPSA) is 170 Å². The molecule has 0 saturated carbocycles. The van der Waals surface area contributed by atoms with Crippen LogP contribution in [0.1, 0.15) is 87.4 Å². The number of nitrogens with one attached hydrogen (secondary N) is 1. The van der Waals surface area contributed by atoms with Crippen molar-refractivity contribution in [3.05, 3.63) is 69.6 Å². The van der Waals surface area contributed by atoms with Gasteiger partial charge in [0, 0.05) is 52.4 Å². The number of primary amides is 1. The van der Waals surface area contributed by atoms with Gasteiger partial charge in [-0.25, -0.2) is 4.79 Å². The molecule has 12 nitrogen and oxygen atoms in total. The summed E-state index contributed by atoms with van der Waals surface area (Å²) in [7, 11) is 1.73. The van der Waals surface area contributed by atoms with Crippen LogP contribution in [-0.2, 0) is 55.1 Å². The largest absolute Gasteiger partial charge is 0.381 e. The molecule has 1 aliphatic rings. The third kappa shape index (κ3) is 11.4. The van der Waals surface area contributed by atoms with E-state index in [2.05, 4.69) is 29.6 Å². The minimum absolute atomic E-state index is 0.156. The van der Waals surface area contributed by atoms with Gasteiger partial charge >= 0.3 is 5.69 Å². The number of benzene rings is 2. The number of piperidine rings is 1. The number of hydrogen-bond donors (Lipinski definition) is 3. The van der Waals surface area contributed by atoms with Crippen molar-refractivity contribution in [2.45, 2.75) is 102 Å². The molecular weight excluding hydrogens is 626 g/mol. The molecule has 3 amide bonds. The molecule has 1 unspecified atom stereocenters. The van der Waals surface area contributed by atoms with Gasteiger partial charge in [0.15, 0.2) is 0 Å². The van der Waals surface area contributed by atoms with E-state index in [0.717, 1.165) is 74.8 Å². The third-order valence-electron chi connectivity index (χ3n) is 9.14. The summed E-state index contributed by atoms with van der Waals surface area (Å²) in [6, 6.07) is 13.3. The van der Waals surface area contributed by atoms with Gasteiger partial charge in [-0.3, -0.25) is 28.8 Å². The number of nitrogens with two attached hydrogens (primary N) is 2. The summed E-state index contributed by atoms with van der Waals surface area (Å²) in [4.78, 5) is 48.1. The second kappa shape index (κ2) is 19.4. The Morgan fingerprint density at radius 1 is 0.918 bits per heavy atom. The van der Waals surface area contributed by atoms with Crippen LogP contribution in [0.5, 0.6) is 0 Å². The van der Waals surface area contributed by atoms with Crippen LogP contribution in [0.3, 0.4) is 0 Å². The lowest BCUT2D eigenvalue weighted by molar-refractivity contribution is -0.135. The molecule has 49 heavy (non-hydrogen) atoms. The second-order valence-electron chi connectivity index (χ2n) is 13.0.